The summed E-state index contributed by atoms with van der Waals surface area (Å²) >= 11 is 0. The predicted octanol–water partition coefficient (Wildman–Crippen LogP) is 1.78. The van der Waals surface area contributed by atoms with Gasteiger partial charge in [0.15, 0.2) is 0 Å². The van der Waals surface area contributed by atoms with E-state index in [0.717, 1.165) is 18.2 Å². The molecule has 0 saturated heterocycles. The summed E-state index contributed by atoms with van der Waals surface area (Å²) in [6, 6.07) is 0.875. The average Bonchev–Trinajstić information content (AvgIpc) is 2.01. The molecule has 6 heteroatoms. The lowest BCUT2D eigenvalue weighted by Crippen LogP contribution is -2.29. The number of hydrogen-bond acceptors (Lipinski definition) is 2. The van der Waals surface area contributed by atoms with Crippen molar-refractivity contribution < 1.29 is 17.6 Å². The molecule has 72 valence electrons. The van der Waals surface area contributed by atoms with Crippen molar-refractivity contribution in [1.29, 1.82) is 0 Å². The van der Waals surface area contributed by atoms with Crippen molar-refractivity contribution in [1.82, 2.24) is 4.98 Å². The Morgan fingerprint density at radius 2 is 1.92 bits per heavy atom. The lowest BCUT2D eigenvalue weighted by Gasteiger charge is -2.14. The molecule has 0 spiro atoms. The molecule has 0 aliphatic rings. The zero-order valence-electron chi connectivity index (χ0n) is 6.35. The zero-order valence-corrected chi connectivity index (χ0v) is 6.35. The molecular formula is C7H6F4N2. The van der Waals surface area contributed by atoms with Gasteiger partial charge in [-0.25, -0.2) is 4.98 Å². The molecule has 0 radical (unpaired) electrons. The van der Waals surface area contributed by atoms with E-state index in [0.29, 0.717) is 0 Å². The molecule has 1 aromatic rings. The summed E-state index contributed by atoms with van der Waals surface area (Å²) in [5, 5.41) is 0. The molecule has 0 amide bonds. The number of nitrogens with zero attached hydrogens (tertiary/aromatic N) is 1. The van der Waals surface area contributed by atoms with Crippen molar-refractivity contribution >= 4 is 0 Å². The van der Waals surface area contributed by atoms with Gasteiger partial charge in [-0.15, -0.1) is 0 Å². The molecule has 0 aromatic carbocycles. The summed E-state index contributed by atoms with van der Waals surface area (Å²) in [5.74, 6) is -0.975. The number of aromatic nitrogens is 1. The second-order valence-electron chi connectivity index (χ2n) is 2.40. The molecule has 2 nitrogen and oxygen atoms in total. The smallest absolute Gasteiger partial charge is 0.315 e. The van der Waals surface area contributed by atoms with Crippen LogP contribution < -0.4 is 5.73 Å². The highest BCUT2D eigenvalue weighted by Crippen LogP contribution is 2.29. The lowest BCUT2D eigenvalue weighted by atomic mass is 10.2. The molecule has 1 heterocycles. The third kappa shape index (κ3) is 2.38. The van der Waals surface area contributed by atoms with Gasteiger partial charge >= 0.3 is 6.18 Å². The summed E-state index contributed by atoms with van der Waals surface area (Å²) in [6.07, 6.45) is -4.60. The molecular weight excluding hydrogens is 188 g/mol. The summed E-state index contributed by atoms with van der Waals surface area (Å²) < 4.78 is 48.3. The van der Waals surface area contributed by atoms with Crippen LogP contribution in [0.3, 0.4) is 0 Å². The maximum atomic E-state index is 12.4. The van der Waals surface area contributed by atoms with Gasteiger partial charge in [0, 0.05) is 0 Å². The standard InChI is InChI=1S/C7H6F4N2/c8-5-3-1-2-4(13-5)6(12)7(9,10)11/h1-3,6H,12H2/t6-/m1/s1. The van der Waals surface area contributed by atoms with Crippen molar-refractivity contribution in [2.24, 2.45) is 5.73 Å². The van der Waals surface area contributed by atoms with E-state index in [-0.39, 0.29) is 0 Å². The lowest BCUT2D eigenvalue weighted by molar-refractivity contribution is -0.150. The van der Waals surface area contributed by atoms with Crippen LogP contribution in [0.4, 0.5) is 17.6 Å². The Labute approximate surface area is 71.4 Å². The first-order chi connectivity index (χ1) is 5.91. The van der Waals surface area contributed by atoms with E-state index in [9.17, 15) is 17.6 Å². The highest BCUT2D eigenvalue weighted by Gasteiger charge is 2.38. The first-order valence-electron chi connectivity index (χ1n) is 3.36. The fraction of sp³-hybridized carbons (Fsp3) is 0.286. The predicted molar refractivity (Wildman–Crippen MR) is 37.2 cm³/mol. The van der Waals surface area contributed by atoms with Crippen molar-refractivity contribution in [3.63, 3.8) is 0 Å². The highest BCUT2D eigenvalue weighted by atomic mass is 19.4. The van der Waals surface area contributed by atoms with Crippen LogP contribution in [0, 0.1) is 5.95 Å². The van der Waals surface area contributed by atoms with Crippen LogP contribution >= 0.6 is 0 Å². The van der Waals surface area contributed by atoms with Gasteiger partial charge in [0.05, 0.1) is 5.69 Å². The minimum absolute atomic E-state index is 0.521. The molecule has 2 N–H and O–H groups in total. The Morgan fingerprint density at radius 1 is 1.31 bits per heavy atom. The minimum atomic E-state index is -4.60. The summed E-state index contributed by atoms with van der Waals surface area (Å²) in [4.78, 5) is 3.03. The van der Waals surface area contributed by atoms with Gasteiger partial charge in [0.25, 0.3) is 0 Å². The number of nitrogens with two attached hydrogens (primary N) is 1. The third-order valence-corrected chi connectivity index (χ3v) is 1.41. The van der Waals surface area contributed by atoms with Gasteiger partial charge in [0.2, 0.25) is 5.95 Å². The van der Waals surface area contributed by atoms with Gasteiger partial charge < -0.3 is 5.73 Å². The van der Waals surface area contributed by atoms with E-state index in [1.54, 1.807) is 0 Å². The zero-order chi connectivity index (χ0) is 10.1. The van der Waals surface area contributed by atoms with E-state index in [1.165, 1.54) is 0 Å². The molecule has 0 aliphatic heterocycles. The van der Waals surface area contributed by atoms with Crippen LogP contribution in [0.1, 0.15) is 11.7 Å². The van der Waals surface area contributed by atoms with Crippen LogP contribution in [-0.2, 0) is 0 Å². The summed E-state index contributed by atoms with van der Waals surface area (Å²) in [7, 11) is 0. The maximum Gasteiger partial charge on any atom is 0.409 e. The number of rotatable bonds is 1. The fourth-order valence-electron chi connectivity index (χ4n) is 0.765. The van der Waals surface area contributed by atoms with Gasteiger partial charge in [-0.05, 0) is 12.1 Å². The van der Waals surface area contributed by atoms with Crippen LogP contribution in [0.2, 0.25) is 0 Å². The quantitative estimate of drug-likeness (QED) is 0.546. The normalized spacial score (nSPS) is 14.2. The summed E-state index contributed by atoms with van der Waals surface area (Å²) in [5.41, 5.74) is 4.27. The van der Waals surface area contributed by atoms with E-state index in [4.69, 9.17) is 5.73 Å². The Bertz CT molecular complexity index is 297. The van der Waals surface area contributed by atoms with E-state index in [2.05, 4.69) is 4.98 Å². The Morgan fingerprint density at radius 3 is 2.38 bits per heavy atom. The maximum absolute atomic E-state index is 12.4. The van der Waals surface area contributed by atoms with Gasteiger partial charge in [-0.2, -0.15) is 17.6 Å². The monoisotopic (exact) mass is 194 g/mol. The number of alkyl halides is 3. The Kier molecular flexibility index (Phi) is 2.51. The third-order valence-electron chi connectivity index (χ3n) is 1.41. The van der Waals surface area contributed by atoms with Gasteiger partial charge in [0.1, 0.15) is 6.04 Å². The van der Waals surface area contributed by atoms with Gasteiger partial charge in [-0.1, -0.05) is 6.07 Å². The number of pyridine rings is 1. The molecule has 0 bridgehead atoms. The first-order valence-corrected chi connectivity index (χ1v) is 3.36. The molecule has 1 aromatic heterocycles. The van der Waals surface area contributed by atoms with Crippen LogP contribution in [0.25, 0.3) is 0 Å². The Hall–Kier alpha value is -1.17. The van der Waals surface area contributed by atoms with Gasteiger partial charge in [-0.3, -0.25) is 0 Å². The number of hydrogen-bond donors (Lipinski definition) is 1. The largest absolute Gasteiger partial charge is 0.409 e. The molecule has 1 rings (SSSR count). The van der Waals surface area contributed by atoms with Crippen LogP contribution in [0.5, 0.6) is 0 Å². The average molecular weight is 194 g/mol. The van der Waals surface area contributed by atoms with Crippen molar-refractivity contribution in [2.75, 3.05) is 0 Å². The van der Waals surface area contributed by atoms with Crippen molar-refractivity contribution in [3.8, 4) is 0 Å². The molecule has 13 heavy (non-hydrogen) atoms. The fourth-order valence-corrected chi connectivity index (χ4v) is 0.765. The minimum Gasteiger partial charge on any atom is -0.315 e. The van der Waals surface area contributed by atoms with E-state index >= 15 is 0 Å². The number of halogens is 4. The SMILES string of the molecule is N[C@H](c1cccc(F)n1)C(F)(F)F. The molecule has 0 unspecified atom stereocenters. The molecule has 1 atom stereocenters. The second kappa shape index (κ2) is 3.29. The van der Waals surface area contributed by atoms with Crippen molar-refractivity contribution in [3.05, 3.63) is 29.8 Å². The molecule has 0 aliphatic carbocycles. The van der Waals surface area contributed by atoms with Crippen LogP contribution in [0.15, 0.2) is 18.2 Å². The van der Waals surface area contributed by atoms with Crippen molar-refractivity contribution in [2.45, 2.75) is 12.2 Å². The molecule has 0 fully saturated rings. The Balaban J connectivity index is 2.96. The topological polar surface area (TPSA) is 38.9 Å². The first kappa shape index (κ1) is 9.91. The van der Waals surface area contributed by atoms with E-state index < -0.39 is 23.9 Å². The highest BCUT2D eigenvalue weighted by molar-refractivity contribution is 5.10. The van der Waals surface area contributed by atoms with E-state index in [1.807, 2.05) is 0 Å². The second-order valence-corrected chi connectivity index (χ2v) is 2.40. The summed E-state index contributed by atoms with van der Waals surface area (Å²) in [6.45, 7) is 0. The van der Waals surface area contributed by atoms with Crippen LogP contribution in [-0.4, -0.2) is 11.2 Å². The molecule has 0 saturated carbocycles.